The average molecular weight is 303 g/mol. The number of hydrogen-bond donors (Lipinski definition) is 1. The molecule has 0 bridgehead atoms. The summed E-state index contributed by atoms with van der Waals surface area (Å²) in [4.78, 5) is 18.9. The third kappa shape index (κ3) is 2.21. The van der Waals surface area contributed by atoms with Gasteiger partial charge in [-0.3, -0.25) is 9.69 Å². The summed E-state index contributed by atoms with van der Waals surface area (Å²) in [5.41, 5.74) is 7.05. The molecule has 1 heterocycles. The summed E-state index contributed by atoms with van der Waals surface area (Å²) in [6.07, 6.45) is 6.22. The van der Waals surface area contributed by atoms with Gasteiger partial charge >= 0.3 is 0 Å². The van der Waals surface area contributed by atoms with E-state index < -0.39 is 5.54 Å². The summed E-state index contributed by atoms with van der Waals surface area (Å²) in [5.74, 6) is 0.297. The van der Waals surface area contributed by atoms with Gasteiger partial charge < -0.3 is 5.73 Å². The minimum Gasteiger partial charge on any atom is -0.369 e. The van der Waals surface area contributed by atoms with Crippen molar-refractivity contribution in [3.63, 3.8) is 0 Å². The van der Waals surface area contributed by atoms with Gasteiger partial charge in [0, 0.05) is 12.5 Å². The molecule has 1 aliphatic carbocycles. The SMILES string of the molecule is C=CC.C=CC1=C(C)CC(CC)(CC)C12N=C(N)N(C)C2=O. The first kappa shape index (κ1) is 18.2. The number of carbonyl (C=O) groups is 1. The summed E-state index contributed by atoms with van der Waals surface area (Å²) >= 11 is 0. The van der Waals surface area contributed by atoms with Gasteiger partial charge in [0.1, 0.15) is 0 Å². The maximum Gasteiger partial charge on any atom is 0.262 e. The smallest absolute Gasteiger partial charge is 0.262 e. The van der Waals surface area contributed by atoms with E-state index in [4.69, 9.17) is 5.73 Å². The molecular formula is C18H29N3O. The summed E-state index contributed by atoms with van der Waals surface area (Å²) in [6.45, 7) is 15.5. The highest BCUT2D eigenvalue weighted by molar-refractivity contribution is 6.10. The van der Waals surface area contributed by atoms with Gasteiger partial charge in [0.05, 0.1) is 0 Å². The van der Waals surface area contributed by atoms with Crippen molar-refractivity contribution in [2.24, 2.45) is 16.1 Å². The van der Waals surface area contributed by atoms with E-state index >= 15 is 0 Å². The number of rotatable bonds is 3. The lowest BCUT2D eigenvalue weighted by Gasteiger charge is -2.40. The van der Waals surface area contributed by atoms with Crippen molar-refractivity contribution < 1.29 is 4.79 Å². The molecule has 0 radical (unpaired) electrons. The van der Waals surface area contributed by atoms with E-state index in [9.17, 15) is 4.79 Å². The van der Waals surface area contributed by atoms with Crippen LogP contribution >= 0.6 is 0 Å². The molecular weight excluding hydrogens is 274 g/mol. The molecule has 22 heavy (non-hydrogen) atoms. The van der Waals surface area contributed by atoms with Crippen LogP contribution < -0.4 is 5.73 Å². The highest BCUT2D eigenvalue weighted by atomic mass is 16.2. The van der Waals surface area contributed by atoms with Gasteiger partial charge in [-0.1, -0.05) is 38.2 Å². The van der Waals surface area contributed by atoms with Crippen molar-refractivity contribution in [3.05, 3.63) is 36.5 Å². The normalized spacial score (nSPS) is 26.0. The molecule has 4 nitrogen and oxygen atoms in total. The Morgan fingerprint density at radius 1 is 1.36 bits per heavy atom. The van der Waals surface area contributed by atoms with E-state index in [2.05, 4.69) is 38.9 Å². The van der Waals surface area contributed by atoms with Crippen LogP contribution in [0.3, 0.4) is 0 Å². The third-order valence-corrected chi connectivity index (χ3v) is 5.02. The number of allylic oxidation sites excluding steroid dienone is 2. The Morgan fingerprint density at radius 3 is 2.18 bits per heavy atom. The predicted molar refractivity (Wildman–Crippen MR) is 93.5 cm³/mol. The van der Waals surface area contributed by atoms with Crippen molar-refractivity contribution >= 4 is 11.9 Å². The van der Waals surface area contributed by atoms with E-state index in [1.807, 2.05) is 6.92 Å². The van der Waals surface area contributed by atoms with Gasteiger partial charge in [-0.15, -0.1) is 6.58 Å². The lowest BCUT2D eigenvalue weighted by Crippen LogP contribution is -2.52. The van der Waals surface area contributed by atoms with E-state index in [0.717, 1.165) is 24.8 Å². The number of carbonyl (C=O) groups excluding carboxylic acids is 1. The van der Waals surface area contributed by atoms with Crippen molar-refractivity contribution in [3.8, 4) is 0 Å². The second-order valence-corrected chi connectivity index (χ2v) is 6.02. The average Bonchev–Trinajstić information content (AvgIpc) is 2.87. The van der Waals surface area contributed by atoms with E-state index in [-0.39, 0.29) is 11.3 Å². The topological polar surface area (TPSA) is 58.7 Å². The molecule has 2 N–H and O–H groups in total. The van der Waals surface area contributed by atoms with Crippen LogP contribution in [-0.4, -0.2) is 29.4 Å². The maximum absolute atomic E-state index is 12.8. The van der Waals surface area contributed by atoms with Crippen LogP contribution in [0.2, 0.25) is 0 Å². The fourth-order valence-corrected chi connectivity index (χ4v) is 3.82. The highest BCUT2D eigenvalue weighted by Gasteiger charge is 2.64. The Bertz CT molecular complexity index is 541. The molecule has 0 fully saturated rings. The molecule has 2 rings (SSSR count). The summed E-state index contributed by atoms with van der Waals surface area (Å²) in [6, 6.07) is 0. The number of nitrogens with zero attached hydrogens (tertiary/aromatic N) is 2. The monoisotopic (exact) mass is 303 g/mol. The van der Waals surface area contributed by atoms with Crippen LogP contribution in [0.5, 0.6) is 0 Å². The molecule has 4 heteroatoms. The second-order valence-electron chi connectivity index (χ2n) is 6.02. The maximum atomic E-state index is 12.8. The quantitative estimate of drug-likeness (QED) is 0.812. The van der Waals surface area contributed by atoms with Crippen LogP contribution in [-0.2, 0) is 4.79 Å². The number of aliphatic imine (C=N–C) groups is 1. The van der Waals surface area contributed by atoms with Crippen LogP contribution in [0.25, 0.3) is 0 Å². The standard InChI is InChI=1S/C15H23N3O.C3H6/c1-6-11-10(4)9-14(7-2,8-3)15(11)12(19)18(5)13(16)17-15;1-3-2/h6H,1,7-9H2,2-5H3,(H2,16,17);3H,1H2,2H3. The molecule has 1 amide bonds. The van der Waals surface area contributed by atoms with E-state index in [1.54, 1.807) is 19.2 Å². The molecule has 0 saturated heterocycles. The first-order valence-electron chi connectivity index (χ1n) is 7.85. The molecule has 2 aliphatic rings. The fourth-order valence-electron chi connectivity index (χ4n) is 3.82. The van der Waals surface area contributed by atoms with Crippen LogP contribution in [0, 0.1) is 5.41 Å². The van der Waals surface area contributed by atoms with Crippen LogP contribution in [0.1, 0.15) is 47.0 Å². The zero-order chi connectivity index (χ0) is 17.1. The Kier molecular flexibility index (Phi) is 5.39. The number of likely N-dealkylation sites (N-methyl/N-ethyl adjacent to an activating group) is 1. The van der Waals surface area contributed by atoms with Crippen molar-refractivity contribution in [1.82, 2.24) is 4.90 Å². The molecule has 122 valence electrons. The molecule has 1 spiro atoms. The number of amides is 1. The van der Waals surface area contributed by atoms with Gasteiger partial charge in [0.15, 0.2) is 11.5 Å². The Hall–Kier alpha value is -1.84. The van der Waals surface area contributed by atoms with Gasteiger partial charge in [0.25, 0.3) is 5.91 Å². The van der Waals surface area contributed by atoms with E-state index in [1.165, 1.54) is 10.5 Å². The zero-order valence-corrected chi connectivity index (χ0v) is 14.6. The summed E-state index contributed by atoms with van der Waals surface area (Å²) in [7, 11) is 1.69. The molecule has 1 aliphatic heterocycles. The molecule has 1 atom stereocenters. The fraction of sp³-hybridized carbons (Fsp3) is 0.556. The summed E-state index contributed by atoms with van der Waals surface area (Å²) < 4.78 is 0. The minimum absolute atomic E-state index is 0.0135. The summed E-state index contributed by atoms with van der Waals surface area (Å²) in [5, 5.41) is 0. The van der Waals surface area contributed by atoms with Crippen molar-refractivity contribution in [2.75, 3.05) is 7.05 Å². The predicted octanol–water partition coefficient (Wildman–Crippen LogP) is 3.42. The Morgan fingerprint density at radius 2 is 1.86 bits per heavy atom. The zero-order valence-electron chi connectivity index (χ0n) is 14.6. The lowest BCUT2D eigenvalue weighted by molar-refractivity contribution is -0.132. The highest BCUT2D eigenvalue weighted by Crippen LogP contribution is 2.58. The van der Waals surface area contributed by atoms with Crippen molar-refractivity contribution in [1.29, 1.82) is 0 Å². The van der Waals surface area contributed by atoms with Gasteiger partial charge in [-0.2, -0.15) is 0 Å². The first-order valence-corrected chi connectivity index (χ1v) is 7.85. The van der Waals surface area contributed by atoms with Crippen molar-refractivity contribution in [2.45, 2.75) is 52.5 Å². The number of hydrogen-bond acceptors (Lipinski definition) is 3. The van der Waals surface area contributed by atoms with Gasteiger partial charge in [-0.25, -0.2) is 4.99 Å². The molecule has 0 saturated carbocycles. The third-order valence-electron chi connectivity index (χ3n) is 5.02. The Labute approximate surface area is 134 Å². The van der Waals surface area contributed by atoms with E-state index in [0.29, 0.717) is 5.96 Å². The Balaban J connectivity index is 0.000000745. The molecule has 0 aromatic heterocycles. The van der Waals surface area contributed by atoms with Gasteiger partial charge in [0.2, 0.25) is 0 Å². The van der Waals surface area contributed by atoms with Crippen LogP contribution in [0.4, 0.5) is 0 Å². The second kappa shape index (κ2) is 6.51. The number of nitrogens with two attached hydrogens (primary N) is 1. The largest absolute Gasteiger partial charge is 0.369 e. The lowest BCUT2D eigenvalue weighted by atomic mass is 9.65. The number of guanidine groups is 1. The molecule has 1 unspecified atom stereocenters. The minimum atomic E-state index is -0.846. The molecule has 0 aromatic carbocycles. The first-order chi connectivity index (χ1) is 10.3. The molecule has 0 aromatic rings. The van der Waals surface area contributed by atoms with Crippen LogP contribution in [0.15, 0.2) is 41.4 Å². The van der Waals surface area contributed by atoms with Gasteiger partial charge in [-0.05, 0) is 38.7 Å².